The molecule has 0 aliphatic heterocycles. The molecule has 0 heterocycles. The lowest BCUT2D eigenvalue weighted by molar-refractivity contribution is 0.123. The summed E-state index contributed by atoms with van der Waals surface area (Å²) in [4.78, 5) is 9.82. The lowest BCUT2D eigenvalue weighted by Crippen LogP contribution is -2.05. The van der Waals surface area contributed by atoms with Gasteiger partial charge in [0, 0.05) is 0 Å². The summed E-state index contributed by atoms with van der Waals surface area (Å²) in [6.07, 6.45) is -1.18. The van der Waals surface area contributed by atoms with E-state index < -0.39 is 17.5 Å². The van der Waals surface area contributed by atoms with Crippen molar-refractivity contribution >= 4 is 17.5 Å². The van der Waals surface area contributed by atoms with Gasteiger partial charge in [0.1, 0.15) is 0 Å². The fourth-order valence-corrected chi connectivity index (χ4v) is 0.277. The van der Waals surface area contributed by atoms with Gasteiger partial charge in [0.15, 0.2) is 0 Å². The van der Waals surface area contributed by atoms with Crippen LogP contribution in [0.3, 0.4) is 0 Å². The monoisotopic (exact) mass is 140 g/mol. The molecule has 0 saturated heterocycles. The minimum Gasteiger partial charge on any atom is -0.437 e. The van der Waals surface area contributed by atoms with Gasteiger partial charge in [-0.2, -0.15) is 4.21 Å². The fourth-order valence-electron chi connectivity index (χ4n) is 0.0922. The number of carbonyl (C=O) groups excluding carboxylic acids is 1. The molecular formula is C2H4O5S. The predicted molar refractivity (Wildman–Crippen MR) is 24.3 cm³/mol. The molecule has 0 amide bonds. The van der Waals surface area contributed by atoms with Crippen molar-refractivity contribution in [3.8, 4) is 0 Å². The van der Waals surface area contributed by atoms with Crippen LogP contribution < -0.4 is 0 Å². The van der Waals surface area contributed by atoms with E-state index in [1.807, 2.05) is 0 Å². The number of ether oxygens (including phenoxy) is 1. The molecule has 6 heteroatoms. The molecule has 5 nitrogen and oxygen atoms in total. The van der Waals surface area contributed by atoms with Gasteiger partial charge in [-0.15, -0.1) is 0 Å². The van der Waals surface area contributed by atoms with E-state index in [2.05, 4.69) is 8.92 Å². The van der Waals surface area contributed by atoms with Gasteiger partial charge in [-0.1, -0.05) is 0 Å². The summed E-state index contributed by atoms with van der Waals surface area (Å²) in [6.45, 7) is 0. The fraction of sp³-hybridized carbons (Fsp3) is 0.500. The van der Waals surface area contributed by atoms with E-state index in [0.717, 1.165) is 7.11 Å². The molecule has 0 saturated carbocycles. The smallest absolute Gasteiger partial charge is 0.437 e. The van der Waals surface area contributed by atoms with Crippen LogP contribution in [-0.4, -0.2) is 22.0 Å². The van der Waals surface area contributed by atoms with Crippen molar-refractivity contribution in [3.63, 3.8) is 0 Å². The van der Waals surface area contributed by atoms with Crippen molar-refractivity contribution < 1.29 is 22.5 Å². The molecule has 1 N–H and O–H groups in total. The lowest BCUT2D eigenvalue weighted by atomic mass is 11.4. The first-order chi connectivity index (χ1) is 3.66. The third kappa shape index (κ3) is 3.57. The van der Waals surface area contributed by atoms with E-state index in [4.69, 9.17) is 4.55 Å². The second-order valence-corrected chi connectivity index (χ2v) is 1.36. The molecule has 0 radical (unpaired) electrons. The van der Waals surface area contributed by atoms with E-state index in [0.29, 0.717) is 0 Å². The number of hydrogen-bond acceptors (Lipinski definition) is 4. The zero-order chi connectivity index (χ0) is 6.57. The molecule has 0 spiro atoms. The van der Waals surface area contributed by atoms with Crippen LogP contribution in [0.15, 0.2) is 0 Å². The Labute approximate surface area is 48.1 Å². The summed E-state index contributed by atoms with van der Waals surface area (Å²) in [6, 6.07) is 0. The average Bonchev–Trinajstić information content (AvgIpc) is 1.65. The third-order valence-corrected chi connectivity index (χ3v) is 0.585. The molecule has 0 aromatic rings. The van der Waals surface area contributed by atoms with Crippen molar-refractivity contribution in [1.29, 1.82) is 0 Å². The van der Waals surface area contributed by atoms with Crippen molar-refractivity contribution in [2.45, 2.75) is 0 Å². The molecular weight excluding hydrogens is 136 g/mol. The number of methoxy groups -OCH3 is 1. The second-order valence-electron chi connectivity index (χ2n) is 0.755. The standard InChI is InChI=1S/C2H4O5S/c1-6-2(3)7-8(4)5/h1H3,(H,4,5). The maximum absolute atomic E-state index is 9.82. The molecule has 1 atom stereocenters. The maximum Gasteiger partial charge on any atom is 0.523 e. The minimum absolute atomic E-state index is 1.04. The second kappa shape index (κ2) is 3.39. The average molecular weight is 140 g/mol. The first-order valence-electron chi connectivity index (χ1n) is 1.54. The van der Waals surface area contributed by atoms with Crippen LogP contribution in [0, 0.1) is 0 Å². The van der Waals surface area contributed by atoms with Gasteiger partial charge < -0.3 is 8.92 Å². The van der Waals surface area contributed by atoms with Crippen LogP contribution in [0.25, 0.3) is 0 Å². The third-order valence-electron chi connectivity index (χ3n) is 0.306. The molecule has 8 heavy (non-hydrogen) atoms. The summed E-state index contributed by atoms with van der Waals surface area (Å²) in [5, 5.41) is 0. The molecule has 1 unspecified atom stereocenters. The molecule has 0 rings (SSSR count). The number of rotatable bonds is 1. The summed E-state index contributed by atoms with van der Waals surface area (Å²) in [7, 11) is 1.04. The van der Waals surface area contributed by atoms with Gasteiger partial charge in [0.2, 0.25) is 0 Å². The van der Waals surface area contributed by atoms with E-state index in [1.54, 1.807) is 0 Å². The van der Waals surface area contributed by atoms with Crippen molar-refractivity contribution in [2.75, 3.05) is 7.11 Å². The zero-order valence-corrected chi connectivity index (χ0v) is 4.80. The molecule has 0 aromatic carbocycles. The van der Waals surface area contributed by atoms with Crippen LogP contribution >= 0.6 is 0 Å². The van der Waals surface area contributed by atoms with Crippen LogP contribution in [0.2, 0.25) is 0 Å². The zero-order valence-electron chi connectivity index (χ0n) is 3.99. The van der Waals surface area contributed by atoms with Gasteiger partial charge in [0.05, 0.1) is 7.11 Å². The molecule has 0 aromatic heterocycles. The highest BCUT2D eigenvalue weighted by molar-refractivity contribution is 7.74. The minimum atomic E-state index is -2.57. The maximum atomic E-state index is 9.82. The van der Waals surface area contributed by atoms with Crippen LogP contribution in [-0.2, 0) is 20.3 Å². The Morgan fingerprint density at radius 2 is 2.25 bits per heavy atom. The summed E-state index contributed by atoms with van der Waals surface area (Å²) < 4.78 is 24.8. The van der Waals surface area contributed by atoms with Gasteiger partial charge in [-0.3, -0.25) is 4.55 Å². The Balaban J connectivity index is 3.40. The van der Waals surface area contributed by atoms with Gasteiger partial charge in [-0.25, -0.2) is 4.79 Å². The summed E-state index contributed by atoms with van der Waals surface area (Å²) >= 11 is -2.57. The van der Waals surface area contributed by atoms with E-state index >= 15 is 0 Å². The Hall–Kier alpha value is -0.620. The van der Waals surface area contributed by atoms with Gasteiger partial charge in [-0.05, 0) is 0 Å². The Morgan fingerprint density at radius 1 is 1.75 bits per heavy atom. The van der Waals surface area contributed by atoms with Crippen LogP contribution in [0.1, 0.15) is 0 Å². The summed E-state index contributed by atoms with van der Waals surface area (Å²) in [5.41, 5.74) is 0. The van der Waals surface area contributed by atoms with Gasteiger partial charge in [0.25, 0.3) is 0 Å². The lowest BCUT2D eigenvalue weighted by Gasteiger charge is -1.92. The topological polar surface area (TPSA) is 72.8 Å². The number of hydrogen-bond donors (Lipinski definition) is 1. The predicted octanol–water partition coefficient (Wildman–Crippen LogP) is -0.0939. The van der Waals surface area contributed by atoms with Crippen molar-refractivity contribution in [2.24, 2.45) is 0 Å². The highest BCUT2D eigenvalue weighted by atomic mass is 32.2. The number of carbonyl (C=O) groups is 1. The van der Waals surface area contributed by atoms with Crippen LogP contribution in [0.5, 0.6) is 0 Å². The van der Waals surface area contributed by atoms with Crippen molar-refractivity contribution in [1.82, 2.24) is 0 Å². The van der Waals surface area contributed by atoms with Crippen molar-refractivity contribution in [3.05, 3.63) is 0 Å². The molecule has 48 valence electrons. The largest absolute Gasteiger partial charge is 0.523 e. The molecule has 0 aliphatic carbocycles. The Bertz CT molecular complexity index is 109. The molecule has 0 fully saturated rings. The van der Waals surface area contributed by atoms with E-state index in [-0.39, 0.29) is 0 Å². The Morgan fingerprint density at radius 3 is 2.38 bits per heavy atom. The van der Waals surface area contributed by atoms with E-state index in [9.17, 15) is 9.00 Å². The molecule has 0 bridgehead atoms. The Kier molecular flexibility index (Phi) is 3.13. The summed E-state index contributed by atoms with van der Waals surface area (Å²) in [5.74, 6) is 0. The highest BCUT2D eigenvalue weighted by Gasteiger charge is 2.02. The highest BCUT2D eigenvalue weighted by Crippen LogP contribution is 1.82. The molecule has 0 aliphatic rings. The van der Waals surface area contributed by atoms with Gasteiger partial charge >= 0.3 is 17.5 Å². The SMILES string of the molecule is COC(=O)OS(=O)O. The first-order valence-corrected chi connectivity index (χ1v) is 2.57. The quantitative estimate of drug-likeness (QED) is 0.407. The van der Waals surface area contributed by atoms with E-state index in [1.165, 1.54) is 0 Å². The first kappa shape index (κ1) is 7.38. The normalized spacial score (nSPS) is 12.2. The van der Waals surface area contributed by atoms with Crippen LogP contribution in [0.4, 0.5) is 4.79 Å².